The van der Waals surface area contributed by atoms with Crippen LogP contribution in [-0.4, -0.2) is 57.2 Å². The number of aromatic nitrogens is 4. The van der Waals surface area contributed by atoms with E-state index in [0.29, 0.717) is 10.8 Å². The van der Waals surface area contributed by atoms with E-state index in [1.807, 2.05) is 43.3 Å². The predicted molar refractivity (Wildman–Crippen MR) is 141 cm³/mol. The van der Waals surface area contributed by atoms with Crippen molar-refractivity contribution in [2.24, 2.45) is 12.1 Å². The highest BCUT2D eigenvalue weighted by molar-refractivity contribution is 6.30. The lowest BCUT2D eigenvalue weighted by atomic mass is 10.2. The van der Waals surface area contributed by atoms with Gasteiger partial charge in [-0.2, -0.15) is 10.1 Å². The molecule has 1 atom stereocenters. The summed E-state index contributed by atoms with van der Waals surface area (Å²) in [5.74, 6) is 0.723. The van der Waals surface area contributed by atoms with Crippen LogP contribution in [0.4, 0.5) is 11.6 Å². The van der Waals surface area contributed by atoms with Gasteiger partial charge in [0, 0.05) is 31.9 Å². The second-order valence-electron chi connectivity index (χ2n) is 8.31. The zero-order valence-corrected chi connectivity index (χ0v) is 20.7. The SMILES string of the molecule is CN(C)c1ccc(/C=N\Nc2nc3c(c(=O)[nH]c(=O)n3C)n2C[C@@H](O)COc2ccc(Cl)cc2)cc1. The number of nitrogens with zero attached hydrogens (tertiary/aromatic N) is 5. The number of aliphatic hydroxyl groups excluding tert-OH is 1. The Labute approximate surface area is 211 Å². The fraction of sp³-hybridized carbons (Fsp3) is 0.250. The fourth-order valence-corrected chi connectivity index (χ4v) is 3.63. The van der Waals surface area contributed by atoms with Crippen molar-refractivity contribution in [2.75, 3.05) is 31.0 Å². The average molecular weight is 512 g/mol. The minimum atomic E-state index is -1.00. The largest absolute Gasteiger partial charge is 0.491 e. The number of aryl methyl sites for hydroxylation is 1. The molecule has 0 saturated heterocycles. The number of H-pyrrole nitrogens is 1. The van der Waals surface area contributed by atoms with Gasteiger partial charge in [0.15, 0.2) is 11.2 Å². The van der Waals surface area contributed by atoms with Crippen LogP contribution in [0.25, 0.3) is 11.2 Å². The van der Waals surface area contributed by atoms with E-state index in [1.165, 1.54) is 16.2 Å². The van der Waals surface area contributed by atoms with E-state index < -0.39 is 17.4 Å². The van der Waals surface area contributed by atoms with Crippen molar-refractivity contribution in [3.8, 4) is 5.75 Å². The Balaban J connectivity index is 1.58. The van der Waals surface area contributed by atoms with Gasteiger partial charge < -0.3 is 19.3 Å². The van der Waals surface area contributed by atoms with Crippen LogP contribution in [0.3, 0.4) is 0 Å². The number of hydrazone groups is 1. The van der Waals surface area contributed by atoms with Crippen molar-refractivity contribution in [1.82, 2.24) is 19.1 Å². The van der Waals surface area contributed by atoms with Crippen LogP contribution in [-0.2, 0) is 13.6 Å². The smallest absolute Gasteiger partial charge is 0.329 e. The van der Waals surface area contributed by atoms with Gasteiger partial charge in [-0.1, -0.05) is 23.7 Å². The maximum atomic E-state index is 12.6. The van der Waals surface area contributed by atoms with Crippen LogP contribution >= 0.6 is 11.6 Å². The standard InChI is InChI=1S/C24H26ClN7O4/c1-30(2)17-8-4-15(5-9-17)12-26-29-23-27-21-20(22(34)28-24(35)31(21)3)32(23)13-18(33)14-36-19-10-6-16(25)7-11-19/h4-12,18,33H,13-14H2,1-3H3,(H,27,29)(H,28,34,35)/b26-12-/t18-/m1/s1. The summed E-state index contributed by atoms with van der Waals surface area (Å²) in [5, 5.41) is 15.5. The van der Waals surface area contributed by atoms with Crippen molar-refractivity contribution in [2.45, 2.75) is 12.6 Å². The number of nitrogens with one attached hydrogen (secondary N) is 2. The number of aromatic amines is 1. The Morgan fingerprint density at radius 3 is 2.56 bits per heavy atom. The van der Waals surface area contributed by atoms with Crippen LogP contribution in [0.2, 0.25) is 5.02 Å². The third-order valence-corrected chi connectivity index (χ3v) is 5.70. The number of aliphatic hydroxyl groups is 1. The molecule has 0 radical (unpaired) electrons. The number of benzene rings is 2. The van der Waals surface area contributed by atoms with Gasteiger partial charge in [-0.25, -0.2) is 10.2 Å². The summed E-state index contributed by atoms with van der Waals surface area (Å²) in [7, 11) is 5.41. The van der Waals surface area contributed by atoms with Gasteiger partial charge in [-0.05, 0) is 42.0 Å². The lowest BCUT2D eigenvalue weighted by molar-refractivity contribution is 0.0938. The molecule has 36 heavy (non-hydrogen) atoms. The molecule has 4 aromatic rings. The van der Waals surface area contributed by atoms with Crippen molar-refractivity contribution >= 4 is 40.6 Å². The molecule has 2 aromatic carbocycles. The molecule has 0 spiro atoms. The molecule has 0 aliphatic heterocycles. The molecule has 0 unspecified atom stereocenters. The molecular weight excluding hydrogens is 486 g/mol. The lowest BCUT2D eigenvalue weighted by Gasteiger charge is -2.15. The summed E-state index contributed by atoms with van der Waals surface area (Å²) in [6, 6.07) is 14.5. The Hall–Kier alpha value is -4.09. The van der Waals surface area contributed by atoms with Crippen LogP contribution in [0.1, 0.15) is 5.56 Å². The van der Waals surface area contributed by atoms with Gasteiger partial charge in [-0.15, -0.1) is 0 Å². The first-order valence-electron chi connectivity index (χ1n) is 11.1. The van der Waals surface area contributed by atoms with E-state index in [9.17, 15) is 14.7 Å². The zero-order chi connectivity index (χ0) is 25.8. The van der Waals surface area contributed by atoms with Gasteiger partial charge in [0.2, 0.25) is 5.95 Å². The first-order chi connectivity index (χ1) is 17.2. The highest BCUT2D eigenvalue weighted by atomic mass is 35.5. The van der Waals surface area contributed by atoms with Gasteiger partial charge in [0.25, 0.3) is 5.56 Å². The third kappa shape index (κ3) is 5.58. The quantitative estimate of drug-likeness (QED) is 0.231. The molecule has 0 amide bonds. The van der Waals surface area contributed by atoms with E-state index >= 15 is 0 Å². The molecule has 3 N–H and O–H groups in total. The Morgan fingerprint density at radius 2 is 1.89 bits per heavy atom. The predicted octanol–water partition coefficient (Wildman–Crippen LogP) is 2.03. The van der Waals surface area contributed by atoms with Crippen molar-refractivity contribution in [3.05, 3.63) is 80.0 Å². The molecule has 0 aliphatic carbocycles. The van der Waals surface area contributed by atoms with E-state index in [-0.39, 0.29) is 30.3 Å². The molecule has 11 nitrogen and oxygen atoms in total. The fourth-order valence-electron chi connectivity index (χ4n) is 3.51. The number of anilines is 2. The molecule has 4 rings (SSSR count). The van der Waals surface area contributed by atoms with Gasteiger partial charge in [0.1, 0.15) is 18.5 Å². The van der Waals surface area contributed by atoms with Crippen LogP contribution in [0.5, 0.6) is 5.75 Å². The maximum Gasteiger partial charge on any atom is 0.329 e. The van der Waals surface area contributed by atoms with Crippen molar-refractivity contribution in [3.63, 3.8) is 0 Å². The number of halogens is 1. The molecule has 0 saturated carbocycles. The van der Waals surface area contributed by atoms with Crippen LogP contribution in [0, 0.1) is 0 Å². The Kier molecular flexibility index (Phi) is 7.41. The average Bonchev–Trinajstić information content (AvgIpc) is 3.21. The van der Waals surface area contributed by atoms with Crippen LogP contribution < -0.4 is 26.3 Å². The van der Waals surface area contributed by atoms with Gasteiger partial charge in [-0.3, -0.25) is 14.3 Å². The number of rotatable bonds is 9. The normalized spacial score (nSPS) is 12.2. The number of hydrogen-bond acceptors (Lipinski definition) is 8. The number of imidazole rings is 1. The molecule has 2 aromatic heterocycles. The first-order valence-corrected chi connectivity index (χ1v) is 11.4. The monoisotopic (exact) mass is 511 g/mol. The van der Waals surface area contributed by atoms with Gasteiger partial charge >= 0.3 is 5.69 Å². The van der Waals surface area contributed by atoms with E-state index in [2.05, 4.69) is 20.5 Å². The van der Waals surface area contributed by atoms with Gasteiger partial charge in [0.05, 0.1) is 12.8 Å². The van der Waals surface area contributed by atoms with Crippen molar-refractivity contribution in [1.29, 1.82) is 0 Å². The zero-order valence-electron chi connectivity index (χ0n) is 20.0. The second kappa shape index (κ2) is 10.7. The first kappa shape index (κ1) is 25.0. The summed E-state index contributed by atoms with van der Waals surface area (Å²) in [5.41, 5.74) is 3.78. The molecule has 2 heterocycles. The minimum Gasteiger partial charge on any atom is -0.491 e. The summed E-state index contributed by atoms with van der Waals surface area (Å²) in [6.45, 7) is -0.0906. The summed E-state index contributed by atoms with van der Waals surface area (Å²) >= 11 is 5.89. The molecular formula is C24H26ClN7O4. The van der Waals surface area contributed by atoms with E-state index in [1.54, 1.807) is 30.5 Å². The Bertz CT molecular complexity index is 1490. The summed E-state index contributed by atoms with van der Waals surface area (Å²) < 4.78 is 8.31. The highest BCUT2D eigenvalue weighted by Crippen LogP contribution is 2.18. The maximum absolute atomic E-state index is 12.6. The Morgan fingerprint density at radius 1 is 1.19 bits per heavy atom. The molecule has 12 heteroatoms. The highest BCUT2D eigenvalue weighted by Gasteiger charge is 2.20. The molecule has 0 aliphatic rings. The lowest BCUT2D eigenvalue weighted by Crippen LogP contribution is -2.30. The third-order valence-electron chi connectivity index (χ3n) is 5.44. The molecule has 0 bridgehead atoms. The second-order valence-corrected chi connectivity index (χ2v) is 8.75. The summed E-state index contributed by atoms with van der Waals surface area (Å²) in [6.07, 6.45) is 0.602. The van der Waals surface area contributed by atoms with E-state index in [0.717, 1.165) is 11.3 Å². The number of ether oxygens (including phenoxy) is 1. The topological polar surface area (TPSA) is 130 Å². The minimum absolute atomic E-state index is 0.0409. The number of hydrogen-bond donors (Lipinski definition) is 3. The molecule has 0 fully saturated rings. The van der Waals surface area contributed by atoms with E-state index in [4.69, 9.17) is 16.3 Å². The summed E-state index contributed by atoms with van der Waals surface area (Å²) in [4.78, 5) is 33.4. The van der Waals surface area contributed by atoms with Crippen LogP contribution in [0.15, 0.2) is 63.2 Å². The molecule has 188 valence electrons. The van der Waals surface area contributed by atoms with Crippen molar-refractivity contribution < 1.29 is 9.84 Å². The number of fused-ring (bicyclic) bond motifs is 1.